The van der Waals surface area contributed by atoms with Gasteiger partial charge in [0.25, 0.3) is 0 Å². The van der Waals surface area contributed by atoms with Crippen molar-refractivity contribution in [3.63, 3.8) is 0 Å². The molecule has 0 radical (unpaired) electrons. The first-order valence-electron chi connectivity index (χ1n) is 4.38. The second-order valence-electron chi connectivity index (χ2n) is 2.94. The van der Waals surface area contributed by atoms with Gasteiger partial charge >= 0.3 is 0 Å². The summed E-state index contributed by atoms with van der Waals surface area (Å²) in [5, 5.41) is 11.6. The Morgan fingerprint density at radius 2 is 2.50 bits per heavy atom. The van der Waals surface area contributed by atoms with Crippen LogP contribution in [0.2, 0.25) is 0 Å². The van der Waals surface area contributed by atoms with Crippen LogP contribution in [-0.2, 0) is 6.54 Å². The number of hydrogen-bond acceptors (Lipinski definition) is 4. The van der Waals surface area contributed by atoms with E-state index in [1.807, 2.05) is 19.1 Å². The normalized spacial score (nSPS) is 11.8. The molecule has 0 aliphatic heterocycles. The Kier molecular flexibility index (Phi) is 3.89. The van der Waals surface area contributed by atoms with Gasteiger partial charge in [0.1, 0.15) is 0 Å². The number of nitrogens with one attached hydrogen (secondary N) is 1. The molecule has 1 aromatic rings. The fraction of sp³-hybridized carbons (Fsp3) is 0.400. The number of hydrogen-bond donors (Lipinski definition) is 1. The van der Waals surface area contributed by atoms with E-state index < -0.39 is 0 Å². The van der Waals surface area contributed by atoms with Crippen LogP contribution in [-0.4, -0.2) is 18.1 Å². The molecule has 1 atom stereocenters. The van der Waals surface area contributed by atoms with Crippen LogP contribution in [0.4, 0.5) is 0 Å². The molecule has 14 heavy (non-hydrogen) atoms. The van der Waals surface area contributed by atoms with Crippen molar-refractivity contribution >= 4 is 0 Å². The fourth-order valence-electron chi connectivity index (χ4n) is 0.989. The van der Waals surface area contributed by atoms with Crippen LogP contribution in [0.5, 0.6) is 5.88 Å². The number of nitrogens with zero attached hydrogens (tertiary/aromatic N) is 2. The zero-order chi connectivity index (χ0) is 10.4. The molecule has 0 amide bonds. The van der Waals surface area contributed by atoms with Crippen LogP contribution in [0.25, 0.3) is 0 Å². The molecule has 1 rings (SSSR count). The van der Waals surface area contributed by atoms with Crippen molar-refractivity contribution in [1.82, 2.24) is 10.3 Å². The van der Waals surface area contributed by atoms with E-state index in [-0.39, 0.29) is 6.04 Å². The number of aromatic nitrogens is 1. The van der Waals surface area contributed by atoms with Gasteiger partial charge in [0.15, 0.2) is 0 Å². The Bertz CT molecular complexity index is 332. The van der Waals surface area contributed by atoms with Gasteiger partial charge in [-0.1, -0.05) is 0 Å². The monoisotopic (exact) mass is 191 g/mol. The summed E-state index contributed by atoms with van der Waals surface area (Å²) in [7, 11) is 1.58. The van der Waals surface area contributed by atoms with Gasteiger partial charge < -0.3 is 4.74 Å². The summed E-state index contributed by atoms with van der Waals surface area (Å²) in [6.45, 7) is 2.46. The molecule has 4 nitrogen and oxygen atoms in total. The van der Waals surface area contributed by atoms with Crippen LogP contribution in [0, 0.1) is 11.3 Å². The molecule has 0 saturated heterocycles. The lowest BCUT2D eigenvalue weighted by Crippen LogP contribution is -2.23. The molecule has 1 aromatic heterocycles. The highest BCUT2D eigenvalue weighted by Crippen LogP contribution is 2.07. The van der Waals surface area contributed by atoms with Gasteiger partial charge in [-0.05, 0) is 18.6 Å². The summed E-state index contributed by atoms with van der Waals surface area (Å²) >= 11 is 0. The van der Waals surface area contributed by atoms with Crippen LogP contribution in [0.15, 0.2) is 18.3 Å². The highest BCUT2D eigenvalue weighted by molar-refractivity contribution is 5.20. The summed E-state index contributed by atoms with van der Waals surface area (Å²) in [6.07, 6.45) is 1.69. The van der Waals surface area contributed by atoms with Crippen LogP contribution in [0.1, 0.15) is 12.5 Å². The molecule has 0 aliphatic rings. The van der Waals surface area contributed by atoms with Crippen LogP contribution < -0.4 is 10.1 Å². The van der Waals surface area contributed by atoms with Gasteiger partial charge in [0, 0.05) is 18.8 Å². The topological polar surface area (TPSA) is 57.9 Å². The molecule has 1 N–H and O–H groups in total. The van der Waals surface area contributed by atoms with Crippen molar-refractivity contribution < 1.29 is 4.74 Å². The van der Waals surface area contributed by atoms with Gasteiger partial charge in [0.05, 0.1) is 19.2 Å². The minimum Gasteiger partial charge on any atom is -0.481 e. The van der Waals surface area contributed by atoms with E-state index in [1.165, 1.54) is 0 Å². The third-order valence-electron chi connectivity index (χ3n) is 1.81. The molecule has 1 unspecified atom stereocenters. The smallest absolute Gasteiger partial charge is 0.213 e. The maximum atomic E-state index is 8.56. The Morgan fingerprint density at radius 1 is 1.71 bits per heavy atom. The highest BCUT2D eigenvalue weighted by Gasteiger charge is 2.00. The maximum absolute atomic E-state index is 8.56. The molecule has 0 aliphatic carbocycles. The van der Waals surface area contributed by atoms with Gasteiger partial charge in [-0.15, -0.1) is 0 Å². The fourth-order valence-corrected chi connectivity index (χ4v) is 0.989. The minimum atomic E-state index is -0.144. The molecule has 0 bridgehead atoms. The van der Waals surface area contributed by atoms with Crippen LogP contribution >= 0.6 is 0 Å². The Balaban J connectivity index is 2.55. The molecule has 0 saturated carbocycles. The first-order chi connectivity index (χ1) is 6.76. The van der Waals surface area contributed by atoms with Crippen molar-refractivity contribution in [3.05, 3.63) is 23.9 Å². The van der Waals surface area contributed by atoms with E-state index in [1.54, 1.807) is 13.3 Å². The average molecular weight is 191 g/mol. The number of pyridine rings is 1. The molecule has 0 fully saturated rings. The highest BCUT2D eigenvalue weighted by atomic mass is 16.5. The van der Waals surface area contributed by atoms with Crippen LogP contribution in [0.3, 0.4) is 0 Å². The van der Waals surface area contributed by atoms with E-state index >= 15 is 0 Å². The maximum Gasteiger partial charge on any atom is 0.213 e. The number of ether oxygens (including phenoxy) is 1. The second kappa shape index (κ2) is 5.20. The number of nitriles is 1. The van der Waals surface area contributed by atoms with E-state index in [9.17, 15) is 0 Å². The van der Waals surface area contributed by atoms with Gasteiger partial charge in [-0.25, -0.2) is 4.98 Å². The SMILES string of the molecule is COc1cc(CNC(C)C#N)ccn1. The van der Waals surface area contributed by atoms with Crippen molar-refractivity contribution in [2.24, 2.45) is 0 Å². The summed E-state index contributed by atoms with van der Waals surface area (Å²) in [5.74, 6) is 0.592. The Hall–Kier alpha value is -1.60. The lowest BCUT2D eigenvalue weighted by molar-refractivity contribution is 0.397. The lowest BCUT2D eigenvalue weighted by Gasteiger charge is -2.06. The zero-order valence-electron chi connectivity index (χ0n) is 8.32. The first-order valence-corrected chi connectivity index (χ1v) is 4.38. The lowest BCUT2D eigenvalue weighted by atomic mass is 10.2. The third-order valence-corrected chi connectivity index (χ3v) is 1.81. The summed E-state index contributed by atoms with van der Waals surface area (Å²) in [4.78, 5) is 3.99. The average Bonchev–Trinajstić information content (AvgIpc) is 2.26. The largest absolute Gasteiger partial charge is 0.481 e. The predicted octanol–water partition coefficient (Wildman–Crippen LogP) is 1.09. The summed E-state index contributed by atoms with van der Waals surface area (Å²) in [5.41, 5.74) is 1.05. The standard InChI is InChI=1S/C10H13N3O/c1-8(6-11)13-7-9-3-4-12-10(5-9)14-2/h3-5,8,13H,7H2,1-2H3. The molecule has 74 valence electrons. The number of methoxy groups -OCH3 is 1. The molecule has 0 aromatic carbocycles. The van der Waals surface area contributed by atoms with Gasteiger partial charge in [-0.3, -0.25) is 5.32 Å². The molecular formula is C10H13N3O. The Morgan fingerprint density at radius 3 is 3.14 bits per heavy atom. The molecule has 1 heterocycles. The van der Waals surface area contributed by atoms with Gasteiger partial charge in [-0.2, -0.15) is 5.26 Å². The van der Waals surface area contributed by atoms with Crippen molar-refractivity contribution in [2.75, 3.05) is 7.11 Å². The van der Waals surface area contributed by atoms with E-state index in [0.717, 1.165) is 5.56 Å². The molecular weight excluding hydrogens is 178 g/mol. The van der Waals surface area contributed by atoms with Gasteiger partial charge in [0.2, 0.25) is 5.88 Å². The van der Waals surface area contributed by atoms with Crippen molar-refractivity contribution in [3.8, 4) is 11.9 Å². The summed E-state index contributed by atoms with van der Waals surface area (Å²) in [6, 6.07) is 5.69. The molecule has 4 heteroatoms. The third kappa shape index (κ3) is 3.04. The van der Waals surface area contributed by atoms with E-state index in [2.05, 4.69) is 16.4 Å². The van der Waals surface area contributed by atoms with E-state index in [4.69, 9.17) is 10.00 Å². The Labute approximate surface area is 83.5 Å². The molecule has 0 spiro atoms. The second-order valence-corrected chi connectivity index (χ2v) is 2.94. The van der Waals surface area contributed by atoms with Crippen molar-refractivity contribution in [2.45, 2.75) is 19.5 Å². The number of rotatable bonds is 4. The first kappa shape index (κ1) is 10.5. The quantitative estimate of drug-likeness (QED) is 0.774. The van der Waals surface area contributed by atoms with Crippen molar-refractivity contribution in [1.29, 1.82) is 5.26 Å². The summed E-state index contributed by atoms with van der Waals surface area (Å²) < 4.78 is 4.98. The predicted molar refractivity (Wildman–Crippen MR) is 52.7 cm³/mol. The van der Waals surface area contributed by atoms with E-state index in [0.29, 0.717) is 12.4 Å². The minimum absolute atomic E-state index is 0.144. The zero-order valence-corrected chi connectivity index (χ0v) is 8.32.